The minimum atomic E-state index is -2.82. The fourth-order valence-corrected chi connectivity index (χ4v) is 1.93. The van der Waals surface area contributed by atoms with Crippen molar-refractivity contribution < 1.29 is 13.6 Å². The number of amides is 1. The van der Waals surface area contributed by atoms with Gasteiger partial charge >= 0.3 is 0 Å². The van der Waals surface area contributed by atoms with Gasteiger partial charge in [0.25, 0.3) is 5.92 Å². The first kappa shape index (κ1) is 11.0. The first-order valence-corrected chi connectivity index (χ1v) is 5.17. The van der Waals surface area contributed by atoms with E-state index < -0.39 is 5.92 Å². The van der Waals surface area contributed by atoms with E-state index in [1.54, 1.807) is 13.1 Å². The number of hydrogen-bond acceptors (Lipinski definition) is 1. The normalized spacial score (nSPS) is 16.2. The van der Waals surface area contributed by atoms with Crippen LogP contribution in [0.25, 0.3) is 0 Å². The van der Waals surface area contributed by atoms with E-state index in [0.29, 0.717) is 12.8 Å². The van der Waals surface area contributed by atoms with Gasteiger partial charge in [-0.2, -0.15) is 0 Å². The molecule has 0 N–H and O–H groups in total. The Labute approximate surface area is 92.9 Å². The highest BCUT2D eigenvalue weighted by Crippen LogP contribution is 2.33. The molecule has 0 unspecified atom stereocenters. The van der Waals surface area contributed by atoms with Crippen molar-refractivity contribution in [1.29, 1.82) is 0 Å². The van der Waals surface area contributed by atoms with Crippen molar-refractivity contribution in [1.82, 2.24) is 0 Å². The van der Waals surface area contributed by atoms with E-state index in [1.807, 2.05) is 0 Å². The summed E-state index contributed by atoms with van der Waals surface area (Å²) in [6, 6.07) is 4.48. The molecule has 4 heteroatoms. The van der Waals surface area contributed by atoms with Crippen LogP contribution in [0, 0.1) is 0 Å². The molecule has 0 aromatic heterocycles. The maximum atomic E-state index is 13.1. The molecule has 1 amide bonds. The zero-order chi connectivity index (χ0) is 11.9. The van der Waals surface area contributed by atoms with Gasteiger partial charge in [0.15, 0.2) is 0 Å². The highest BCUT2D eigenvalue weighted by Gasteiger charge is 2.27. The standard InChI is InChI=1S/C12H13F2NO/c1-12(13,14)9-4-5-10-8(7-9)3-6-11(16)15(10)2/h4-5,7H,3,6H2,1-2H3. The molecule has 2 nitrogen and oxygen atoms in total. The number of benzene rings is 1. The Kier molecular flexibility index (Phi) is 2.45. The Bertz CT molecular complexity index is 437. The first-order valence-electron chi connectivity index (χ1n) is 5.17. The monoisotopic (exact) mass is 225 g/mol. The predicted octanol–water partition coefficient (Wildman–Crippen LogP) is 2.71. The lowest BCUT2D eigenvalue weighted by Gasteiger charge is -2.26. The average molecular weight is 225 g/mol. The molecular formula is C12H13F2NO. The summed E-state index contributed by atoms with van der Waals surface area (Å²) in [6.45, 7) is 0.881. The molecule has 0 bridgehead atoms. The Morgan fingerprint density at radius 2 is 2.00 bits per heavy atom. The molecule has 16 heavy (non-hydrogen) atoms. The molecule has 0 saturated carbocycles. The molecule has 86 valence electrons. The van der Waals surface area contributed by atoms with E-state index in [-0.39, 0.29) is 11.5 Å². The summed E-state index contributed by atoms with van der Waals surface area (Å²) < 4.78 is 26.2. The van der Waals surface area contributed by atoms with Crippen molar-refractivity contribution >= 4 is 11.6 Å². The van der Waals surface area contributed by atoms with Gasteiger partial charge in [-0.25, -0.2) is 8.78 Å². The fraction of sp³-hybridized carbons (Fsp3) is 0.417. The number of carbonyl (C=O) groups is 1. The average Bonchev–Trinajstić information content (AvgIpc) is 2.22. The van der Waals surface area contributed by atoms with Crippen LogP contribution in [0.3, 0.4) is 0 Å². The molecule has 0 saturated heterocycles. The topological polar surface area (TPSA) is 20.3 Å². The Morgan fingerprint density at radius 3 is 2.62 bits per heavy atom. The highest BCUT2D eigenvalue weighted by molar-refractivity contribution is 5.95. The van der Waals surface area contributed by atoms with Crippen molar-refractivity contribution in [2.75, 3.05) is 11.9 Å². The van der Waals surface area contributed by atoms with Crippen LogP contribution in [0.15, 0.2) is 18.2 Å². The Hall–Kier alpha value is -1.45. The third kappa shape index (κ3) is 1.79. The second kappa shape index (κ2) is 3.54. The third-order valence-electron chi connectivity index (χ3n) is 2.93. The quantitative estimate of drug-likeness (QED) is 0.719. The number of halogens is 2. The second-order valence-corrected chi connectivity index (χ2v) is 4.18. The smallest absolute Gasteiger partial charge is 0.270 e. The molecule has 0 radical (unpaired) electrons. The fourth-order valence-electron chi connectivity index (χ4n) is 1.93. The molecule has 0 atom stereocenters. The summed E-state index contributed by atoms with van der Waals surface area (Å²) >= 11 is 0. The van der Waals surface area contributed by atoms with Crippen molar-refractivity contribution in [2.45, 2.75) is 25.7 Å². The lowest BCUT2D eigenvalue weighted by Crippen LogP contribution is -2.31. The summed E-state index contributed by atoms with van der Waals surface area (Å²) in [5.41, 5.74) is 1.57. The number of rotatable bonds is 1. The number of hydrogen-bond donors (Lipinski definition) is 0. The molecule has 0 aliphatic carbocycles. The number of anilines is 1. The maximum absolute atomic E-state index is 13.1. The van der Waals surface area contributed by atoms with Gasteiger partial charge < -0.3 is 4.90 Å². The minimum absolute atomic E-state index is 0.00833. The molecule has 1 aromatic carbocycles. The van der Waals surface area contributed by atoms with Gasteiger partial charge in [0.05, 0.1) is 0 Å². The van der Waals surface area contributed by atoms with Gasteiger partial charge in [-0.3, -0.25) is 4.79 Å². The number of alkyl halides is 2. The van der Waals surface area contributed by atoms with Gasteiger partial charge in [-0.15, -0.1) is 0 Å². The third-order valence-corrected chi connectivity index (χ3v) is 2.93. The van der Waals surface area contributed by atoms with Crippen molar-refractivity contribution in [3.8, 4) is 0 Å². The number of carbonyl (C=O) groups excluding carboxylic acids is 1. The Balaban J connectivity index is 2.45. The van der Waals surface area contributed by atoms with Gasteiger partial charge in [0.1, 0.15) is 0 Å². The van der Waals surface area contributed by atoms with Gasteiger partial charge in [-0.1, -0.05) is 6.07 Å². The van der Waals surface area contributed by atoms with E-state index in [1.165, 1.54) is 17.0 Å². The molecule has 1 aromatic rings. The molecule has 1 aliphatic heterocycles. The van der Waals surface area contributed by atoms with Crippen molar-refractivity contribution in [3.63, 3.8) is 0 Å². The van der Waals surface area contributed by atoms with Gasteiger partial charge in [0.2, 0.25) is 5.91 Å². The molecule has 0 spiro atoms. The van der Waals surface area contributed by atoms with E-state index in [4.69, 9.17) is 0 Å². The number of aryl methyl sites for hydroxylation is 1. The minimum Gasteiger partial charge on any atom is -0.315 e. The van der Waals surface area contributed by atoms with E-state index >= 15 is 0 Å². The molecule has 2 rings (SSSR count). The first-order chi connectivity index (χ1) is 7.39. The molecule has 1 aliphatic rings. The molecule has 0 fully saturated rings. The zero-order valence-corrected chi connectivity index (χ0v) is 9.26. The van der Waals surface area contributed by atoms with Crippen LogP contribution in [0.2, 0.25) is 0 Å². The summed E-state index contributed by atoms with van der Waals surface area (Å²) in [5.74, 6) is -2.79. The summed E-state index contributed by atoms with van der Waals surface area (Å²) in [4.78, 5) is 12.9. The largest absolute Gasteiger partial charge is 0.315 e. The van der Waals surface area contributed by atoms with Crippen molar-refractivity contribution in [2.24, 2.45) is 0 Å². The maximum Gasteiger partial charge on any atom is 0.270 e. The Morgan fingerprint density at radius 1 is 1.31 bits per heavy atom. The van der Waals surface area contributed by atoms with Gasteiger partial charge in [0, 0.05) is 31.6 Å². The number of fused-ring (bicyclic) bond motifs is 1. The summed E-state index contributed by atoms with van der Waals surface area (Å²) in [5, 5.41) is 0. The molecular weight excluding hydrogens is 212 g/mol. The van der Waals surface area contributed by atoms with Crippen LogP contribution in [0.5, 0.6) is 0 Å². The van der Waals surface area contributed by atoms with Gasteiger partial charge in [-0.05, 0) is 24.1 Å². The van der Waals surface area contributed by atoms with Crippen LogP contribution in [0.1, 0.15) is 24.5 Å². The highest BCUT2D eigenvalue weighted by atomic mass is 19.3. The summed E-state index contributed by atoms with van der Waals surface area (Å²) in [7, 11) is 1.67. The van der Waals surface area contributed by atoms with Crippen LogP contribution >= 0.6 is 0 Å². The van der Waals surface area contributed by atoms with Crippen LogP contribution in [0.4, 0.5) is 14.5 Å². The zero-order valence-electron chi connectivity index (χ0n) is 9.26. The van der Waals surface area contributed by atoms with E-state index in [9.17, 15) is 13.6 Å². The van der Waals surface area contributed by atoms with Crippen LogP contribution in [-0.2, 0) is 17.1 Å². The lowest BCUT2D eigenvalue weighted by molar-refractivity contribution is -0.118. The second-order valence-electron chi connectivity index (χ2n) is 4.18. The van der Waals surface area contributed by atoms with Crippen LogP contribution in [-0.4, -0.2) is 13.0 Å². The van der Waals surface area contributed by atoms with E-state index in [0.717, 1.165) is 18.2 Å². The SMILES string of the molecule is CN1C(=O)CCc2cc(C(C)(F)F)ccc21. The predicted molar refractivity (Wildman–Crippen MR) is 57.7 cm³/mol. The van der Waals surface area contributed by atoms with E-state index in [2.05, 4.69) is 0 Å². The number of nitrogens with zero attached hydrogens (tertiary/aromatic N) is 1. The summed E-state index contributed by atoms with van der Waals surface area (Å²) in [6.07, 6.45) is 0.935. The lowest BCUT2D eigenvalue weighted by atomic mass is 9.97. The van der Waals surface area contributed by atoms with Crippen molar-refractivity contribution in [3.05, 3.63) is 29.3 Å². The molecule has 1 heterocycles. The van der Waals surface area contributed by atoms with Crippen LogP contribution < -0.4 is 4.90 Å².